The first kappa shape index (κ1) is 46.5. The first-order chi connectivity index (χ1) is 31.9. The molecule has 0 unspecified atom stereocenters. The number of carbonyl (C=O) groups excluding carboxylic acids is 2. The van der Waals surface area contributed by atoms with Crippen molar-refractivity contribution in [2.45, 2.75) is 140 Å². The van der Waals surface area contributed by atoms with Gasteiger partial charge in [0.25, 0.3) is 0 Å². The van der Waals surface area contributed by atoms with Gasteiger partial charge in [0.2, 0.25) is 0 Å². The van der Waals surface area contributed by atoms with Crippen LogP contribution in [0.4, 0.5) is 0 Å². The van der Waals surface area contributed by atoms with Gasteiger partial charge in [0.05, 0.1) is 25.1 Å². The van der Waals surface area contributed by atoms with Crippen molar-refractivity contribution in [1.29, 1.82) is 0 Å². The summed E-state index contributed by atoms with van der Waals surface area (Å²) in [6.07, 6.45) is 13.9. The maximum Gasteiger partial charge on any atom is 0.160 e. The second-order valence-corrected chi connectivity index (χ2v) is 21.5. The lowest BCUT2D eigenvalue weighted by Gasteiger charge is -2.51. The lowest BCUT2D eigenvalue weighted by Crippen LogP contribution is -2.55. The van der Waals surface area contributed by atoms with E-state index in [2.05, 4.69) is 84.9 Å². The molecule has 4 fully saturated rings. The smallest absolute Gasteiger partial charge is 0.160 e. The van der Waals surface area contributed by atoms with Crippen molar-refractivity contribution in [3.63, 3.8) is 0 Å². The third kappa shape index (κ3) is 9.58. The van der Waals surface area contributed by atoms with Crippen LogP contribution in [-0.4, -0.2) is 65.3 Å². The Labute approximate surface area is 392 Å². The third-order valence-corrected chi connectivity index (χ3v) is 17.3. The van der Waals surface area contributed by atoms with Crippen LogP contribution in [0.5, 0.6) is 11.5 Å². The number of aromatic hydroxyl groups is 1. The van der Waals surface area contributed by atoms with Crippen LogP contribution in [0.2, 0.25) is 0 Å². The summed E-state index contributed by atoms with van der Waals surface area (Å²) in [5.74, 6) is 11.0. The van der Waals surface area contributed by atoms with Crippen LogP contribution >= 0.6 is 0 Å². The molecular weight excluding hydrogens is 823 g/mol. The van der Waals surface area contributed by atoms with Gasteiger partial charge < -0.3 is 36.4 Å². The van der Waals surface area contributed by atoms with E-state index in [1.165, 1.54) is 18.9 Å². The van der Waals surface area contributed by atoms with Gasteiger partial charge >= 0.3 is 0 Å². The third-order valence-electron chi connectivity index (χ3n) is 17.3. The summed E-state index contributed by atoms with van der Waals surface area (Å²) in [5, 5.41) is 45.5. The Hall–Kier alpha value is -4.62. The summed E-state index contributed by atoms with van der Waals surface area (Å²) in [7, 11) is 1.54. The molecule has 3 aromatic carbocycles. The minimum Gasteiger partial charge on any atom is -0.504 e. The normalized spacial score (nSPS) is 31.3. The molecule has 9 heteroatoms. The second kappa shape index (κ2) is 19.9. The summed E-state index contributed by atoms with van der Waals surface area (Å²) in [6.45, 7) is 6.05. The molecule has 3 aromatic rings. The number of nitrogens with two attached hydrogens (primary N) is 1. The van der Waals surface area contributed by atoms with E-state index in [9.17, 15) is 24.9 Å². The van der Waals surface area contributed by atoms with E-state index >= 15 is 0 Å². The molecule has 1 spiro atoms. The number of hydrogen-bond acceptors (Lipinski definition) is 9. The number of aryl methyl sites for hydroxylation is 1. The van der Waals surface area contributed by atoms with Crippen LogP contribution in [0.3, 0.4) is 0 Å². The summed E-state index contributed by atoms with van der Waals surface area (Å²) < 4.78 is 5.58. The molecule has 3 saturated carbocycles. The average molecular weight is 896 g/mol. The summed E-state index contributed by atoms with van der Waals surface area (Å²) in [6, 6.07) is 19.0. The van der Waals surface area contributed by atoms with Crippen LogP contribution in [0, 0.1) is 58.7 Å². The molecule has 0 amide bonds. The number of benzene rings is 3. The van der Waals surface area contributed by atoms with Crippen molar-refractivity contribution in [2.24, 2.45) is 52.6 Å². The Morgan fingerprint density at radius 3 is 2.52 bits per heavy atom. The number of aliphatic hydroxyl groups excluding tert-OH is 2. The van der Waals surface area contributed by atoms with Gasteiger partial charge in [-0.25, -0.2) is 0 Å². The molecular formula is C57H73N3O6. The van der Waals surface area contributed by atoms with E-state index < -0.39 is 23.5 Å². The second-order valence-electron chi connectivity index (χ2n) is 21.5. The SMILES string of the molecule is COc1cc2c(cc1O)[C@@H](CC[C@H](O)[C@H](CCC(C)C)[C@H](C1=CCNC(N)=C1)c1ccc3ccccc3c1)C#C[C@@]1(CC[C@H]([C@H]3CC[C@H]4[C@H](CN[C@@H]5CC(=O)CC[C@H]45)C3)C[C@H]1O)C(=O)CC2. The number of allylic oxidation sites excluding steroid dienone is 2. The topological polar surface area (TPSA) is 154 Å². The number of methoxy groups -OCH3 is 1. The predicted octanol–water partition coefficient (Wildman–Crippen LogP) is 8.98. The first-order valence-electron chi connectivity index (χ1n) is 25.4. The molecule has 9 nitrogen and oxygen atoms in total. The highest BCUT2D eigenvalue weighted by Crippen LogP contribution is 2.52. The van der Waals surface area contributed by atoms with E-state index in [1.807, 2.05) is 12.1 Å². The number of ketones is 2. The van der Waals surface area contributed by atoms with Crippen molar-refractivity contribution in [3.8, 4) is 23.3 Å². The quantitative estimate of drug-likeness (QED) is 0.0979. The van der Waals surface area contributed by atoms with Gasteiger partial charge in [0.15, 0.2) is 17.3 Å². The molecule has 2 aliphatic heterocycles. The van der Waals surface area contributed by atoms with E-state index in [0.717, 1.165) is 79.1 Å². The number of piperidine rings is 1. The maximum atomic E-state index is 14.6. The number of carbonyl (C=O) groups is 2. The molecule has 12 atom stereocenters. The number of rotatable bonds is 12. The number of hydrogen-bond donors (Lipinski definition) is 6. The van der Waals surface area contributed by atoms with Crippen molar-refractivity contribution in [1.82, 2.24) is 10.6 Å². The fraction of sp³-hybridized carbons (Fsp3) is 0.579. The number of phenols is 1. The van der Waals surface area contributed by atoms with Gasteiger partial charge in [0.1, 0.15) is 11.2 Å². The standard InChI is InChI=1S/C57H73N3O6/c1-34(2)8-15-47(56(42-22-25-59-55(58)30-42)41-10-9-35-6-4-5-7-37(35)26-41)50(62)18-12-36-20-23-57(53(64)19-13-40-28-52(66-3)51(63)32-48(36)40)24-21-39(29-54(57)65)38-11-16-45-43(27-38)33-60-49-31-44(61)14-17-46(45)49/h4-7,9-10,22,26,28,30,32,34,36,38-39,43,45-47,49-50,54,56,59-60,62-63,65H,8,11-19,21,24-25,27,29,31,33,58H2,1-3H3/t36-,38-,39-,43-,45-,46+,47-,49+,50-,54+,56-,57+/m0/s1. The van der Waals surface area contributed by atoms with Crippen molar-refractivity contribution >= 4 is 22.3 Å². The zero-order valence-electron chi connectivity index (χ0n) is 39.4. The molecule has 7 N–H and O–H groups in total. The van der Waals surface area contributed by atoms with Gasteiger partial charge in [-0.3, -0.25) is 9.59 Å². The monoisotopic (exact) mass is 896 g/mol. The predicted molar refractivity (Wildman–Crippen MR) is 261 cm³/mol. The highest BCUT2D eigenvalue weighted by atomic mass is 16.5. The van der Waals surface area contributed by atoms with Crippen LogP contribution in [0.25, 0.3) is 10.8 Å². The van der Waals surface area contributed by atoms with Crippen molar-refractivity contribution in [2.75, 3.05) is 20.2 Å². The molecule has 1 saturated heterocycles. The van der Waals surface area contributed by atoms with E-state index in [0.29, 0.717) is 104 Å². The summed E-state index contributed by atoms with van der Waals surface area (Å²) in [5.41, 5.74) is 9.26. The zero-order valence-corrected chi connectivity index (χ0v) is 39.4. The lowest BCUT2D eigenvalue weighted by atomic mass is 9.57. The largest absolute Gasteiger partial charge is 0.504 e. The number of nitrogens with one attached hydrogen (secondary N) is 2. The fourth-order valence-electron chi connectivity index (χ4n) is 13.6. The van der Waals surface area contributed by atoms with Gasteiger partial charge in [-0.15, -0.1) is 0 Å². The number of aliphatic hydroxyl groups is 2. The van der Waals surface area contributed by atoms with E-state index in [-0.39, 0.29) is 29.8 Å². The molecule has 6 aliphatic rings. The highest BCUT2D eigenvalue weighted by Gasteiger charge is 2.51. The van der Waals surface area contributed by atoms with Gasteiger partial charge in [-0.1, -0.05) is 80.6 Å². The maximum absolute atomic E-state index is 14.6. The number of dihydropyridines is 1. The number of ether oxygens (including phenoxy) is 1. The Kier molecular flexibility index (Phi) is 14.0. The van der Waals surface area contributed by atoms with Gasteiger partial charge in [-0.05, 0) is 170 Å². The van der Waals surface area contributed by atoms with Crippen LogP contribution in [0.1, 0.15) is 132 Å². The molecule has 0 bridgehead atoms. The van der Waals surface area contributed by atoms with E-state index in [4.69, 9.17) is 10.5 Å². The molecule has 0 radical (unpaired) electrons. The molecule has 2 heterocycles. The highest BCUT2D eigenvalue weighted by molar-refractivity contribution is 5.89. The Morgan fingerprint density at radius 1 is 0.909 bits per heavy atom. The molecule has 4 aliphatic carbocycles. The molecule has 66 heavy (non-hydrogen) atoms. The van der Waals surface area contributed by atoms with E-state index in [1.54, 1.807) is 6.07 Å². The minimum absolute atomic E-state index is 0.00717. The van der Waals surface area contributed by atoms with Crippen LogP contribution in [0.15, 0.2) is 78.1 Å². The Morgan fingerprint density at radius 2 is 1.73 bits per heavy atom. The summed E-state index contributed by atoms with van der Waals surface area (Å²) >= 11 is 0. The molecule has 0 aromatic heterocycles. The zero-order chi connectivity index (χ0) is 46.1. The first-order valence-corrected chi connectivity index (χ1v) is 25.4. The minimum atomic E-state index is -1.16. The average Bonchev–Trinajstić information content (AvgIpc) is 3.36. The number of phenolic OH excluding ortho intramolecular Hbond substituents is 1. The van der Waals surface area contributed by atoms with Gasteiger partial charge in [-0.2, -0.15) is 0 Å². The number of Topliss-reactive ketones (excluding diaryl/α,β-unsaturated/α-hetero) is 2. The molecule has 9 rings (SSSR count). The van der Waals surface area contributed by atoms with Crippen molar-refractivity contribution in [3.05, 3.63) is 94.8 Å². The summed E-state index contributed by atoms with van der Waals surface area (Å²) in [4.78, 5) is 26.8. The number of fused-ring (bicyclic) bond motifs is 5. The molecule has 352 valence electrons. The van der Waals surface area contributed by atoms with Crippen LogP contribution < -0.4 is 21.1 Å². The van der Waals surface area contributed by atoms with Crippen molar-refractivity contribution < 1.29 is 29.6 Å². The Bertz CT molecular complexity index is 2400. The fourth-order valence-corrected chi connectivity index (χ4v) is 13.6. The Balaban J connectivity index is 0.986. The van der Waals surface area contributed by atoms with Crippen LogP contribution in [-0.2, 0) is 16.0 Å². The van der Waals surface area contributed by atoms with Gasteiger partial charge in [0, 0.05) is 43.7 Å². The lowest BCUT2D eigenvalue weighted by molar-refractivity contribution is -0.135.